The lowest BCUT2D eigenvalue weighted by Crippen LogP contribution is -2.33. The smallest absolute Gasteiger partial charge is 0.301 e. The van der Waals surface area contributed by atoms with Crippen molar-refractivity contribution in [3.05, 3.63) is 24.3 Å². The molecule has 0 amide bonds. The van der Waals surface area contributed by atoms with Crippen molar-refractivity contribution in [3.63, 3.8) is 0 Å². The first kappa shape index (κ1) is 13.2. The molecule has 0 unspecified atom stereocenters. The van der Waals surface area contributed by atoms with Crippen LogP contribution in [0.3, 0.4) is 0 Å². The Labute approximate surface area is 109 Å². The van der Waals surface area contributed by atoms with Crippen LogP contribution in [0.25, 0.3) is 0 Å². The van der Waals surface area contributed by atoms with E-state index in [9.17, 15) is 8.42 Å². The molecular formula is C12H19N3O2S. The molecule has 6 heteroatoms. The highest BCUT2D eigenvalue weighted by Crippen LogP contribution is 2.19. The monoisotopic (exact) mass is 269 g/mol. The molecule has 0 bridgehead atoms. The first-order valence-electron chi connectivity index (χ1n) is 6.04. The standard InChI is InChI=1S/C12H19N3O2S/c1-14(2)12-7-5-11(6-8-12)13-18(16,17)15-9-3-4-10-15/h5-8,13H,3-4,9-10H2,1-2H3. The molecule has 2 rings (SSSR count). The number of benzene rings is 1. The predicted molar refractivity (Wildman–Crippen MR) is 74.1 cm³/mol. The van der Waals surface area contributed by atoms with Gasteiger partial charge in [0.15, 0.2) is 0 Å². The van der Waals surface area contributed by atoms with E-state index in [2.05, 4.69) is 4.72 Å². The lowest BCUT2D eigenvalue weighted by molar-refractivity contribution is 0.482. The molecule has 1 saturated heterocycles. The Morgan fingerprint density at radius 3 is 2.17 bits per heavy atom. The Bertz CT molecular complexity index is 491. The minimum absolute atomic E-state index is 0.604. The van der Waals surface area contributed by atoms with Crippen molar-refractivity contribution >= 4 is 21.6 Å². The topological polar surface area (TPSA) is 52.7 Å². The van der Waals surface area contributed by atoms with Crippen molar-refractivity contribution in [2.75, 3.05) is 36.8 Å². The molecule has 0 atom stereocenters. The molecule has 0 radical (unpaired) electrons. The number of nitrogens with one attached hydrogen (secondary N) is 1. The Morgan fingerprint density at radius 1 is 1.11 bits per heavy atom. The molecule has 1 aromatic carbocycles. The number of hydrogen-bond donors (Lipinski definition) is 1. The summed E-state index contributed by atoms with van der Waals surface area (Å²) in [6, 6.07) is 7.34. The molecule has 1 fully saturated rings. The first-order valence-corrected chi connectivity index (χ1v) is 7.48. The van der Waals surface area contributed by atoms with Gasteiger partial charge in [0.25, 0.3) is 0 Å². The van der Waals surface area contributed by atoms with E-state index in [1.54, 1.807) is 12.1 Å². The van der Waals surface area contributed by atoms with Gasteiger partial charge < -0.3 is 4.90 Å². The zero-order valence-corrected chi connectivity index (χ0v) is 11.6. The van der Waals surface area contributed by atoms with Gasteiger partial charge in [0.2, 0.25) is 0 Å². The van der Waals surface area contributed by atoms with Crippen molar-refractivity contribution in [3.8, 4) is 0 Å². The van der Waals surface area contributed by atoms with E-state index >= 15 is 0 Å². The summed E-state index contributed by atoms with van der Waals surface area (Å²) >= 11 is 0. The van der Waals surface area contributed by atoms with Crippen LogP contribution in [0.4, 0.5) is 11.4 Å². The maximum Gasteiger partial charge on any atom is 0.301 e. The normalized spacial score (nSPS) is 16.8. The second-order valence-electron chi connectivity index (χ2n) is 4.65. The average Bonchev–Trinajstić information content (AvgIpc) is 2.83. The molecule has 18 heavy (non-hydrogen) atoms. The van der Waals surface area contributed by atoms with E-state index in [1.165, 1.54) is 4.31 Å². The van der Waals surface area contributed by atoms with Crippen molar-refractivity contribution in [2.45, 2.75) is 12.8 Å². The van der Waals surface area contributed by atoms with Crippen molar-refractivity contribution in [1.29, 1.82) is 0 Å². The van der Waals surface area contributed by atoms with Gasteiger partial charge in [-0.1, -0.05) is 0 Å². The predicted octanol–water partition coefficient (Wildman–Crippen LogP) is 1.51. The molecule has 0 spiro atoms. The SMILES string of the molecule is CN(C)c1ccc(NS(=O)(=O)N2CCCC2)cc1. The van der Waals surface area contributed by atoms with Crippen LogP contribution in [0.1, 0.15) is 12.8 Å². The molecule has 1 aliphatic rings. The Morgan fingerprint density at radius 2 is 1.67 bits per heavy atom. The summed E-state index contributed by atoms with van der Waals surface area (Å²) in [5, 5.41) is 0. The number of anilines is 2. The van der Waals surface area contributed by atoms with Crippen LogP contribution >= 0.6 is 0 Å². The summed E-state index contributed by atoms with van der Waals surface area (Å²) < 4.78 is 28.1. The quantitative estimate of drug-likeness (QED) is 0.901. The largest absolute Gasteiger partial charge is 0.378 e. The molecular weight excluding hydrogens is 250 g/mol. The maximum atomic E-state index is 12.0. The fourth-order valence-corrected chi connectivity index (χ4v) is 3.27. The summed E-state index contributed by atoms with van der Waals surface area (Å²) in [6.07, 6.45) is 1.89. The summed E-state index contributed by atoms with van der Waals surface area (Å²) in [4.78, 5) is 1.97. The van der Waals surface area contributed by atoms with Gasteiger partial charge in [-0.3, -0.25) is 4.72 Å². The Kier molecular flexibility index (Phi) is 3.77. The van der Waals surface area contributed by atoms with Crippen molar-refractivity contribution < 1.29 is 8.42 Å². The molecule has 0 saturated carbocycles. The lowest BCUT2D eigenvalue weighted by Gasteiger charge is -2.17. The fraction of sp³-hybridized carbons (Fsp3) is 0.500. The van der Waals surface area contributed by atoms with E-state index in [0.717, 1.165) is 18.5 Å². The first-order chi connectivity index (χ1) is 8.49. The van der Waals surface area contributed by atoms with Gasteiger partial charge in [0.1, 0.15) is 0 Å². The van der Waals surface area contributed by atoms with E-state index in [4.69, 9.17) is 0 Å². The van der Waals surface area contributed by atoms with E-state index in [1.807, 2.05) is 31.1 Å². The third-order valence-electron chi connectivity index (χ3n) is 3.04. The molecule has 0 aliphatic carbocycles. The Hall–Kier alpha value is -1.27. The molecule has 1 heterocycles. The van der Waals surface area contributed by atoms with Gasteiger partial charge in [0, 0.05) is 38.6 Å². The van der Waals surface area contributed by atoms with Gasteiger partial charge in [-0.15, -0.1) is 0 Å². The summed E-state index contributed by atoms with van der Waals surface area (Å²) in [7, 11) is 0.519. The second kappa shape index (κ2) is 5.16. The third-order valence-corrected chi connectivity index (χ3v) is 4.57. The lowest BCUT2D eigenvalue weighted by atomic mass is 10.3. The van der Waals surface area contributed by atoms with Crippen molar-refractivity contribution in [1.82, 2.24) is 4.31 Å². The third kappa shape index (κ3) is 2.94. The van der Waals surface area contributed by atoms with Crippen LogP contribution in [0.5, 0.6) is 0 Å². The van der Waals surface area contributed by atoms with Gasteiger partial charge in [-0.2, -0.15) is 12.7 Å². The molecule has 1 aliphatic heterocycles. The summed E-state index contributed by atoms with van der Waals surface area (Å²) in [6.45, 7) is 1.23. The highest BCUT2D eigenvalue weighted by Gasteiger charge is 2.24. The maximum absolute atomic E-state index is 12.0. The van der Waals surface area contributed by atoms with Crippen LogP contribution in [0.15, 0.2) is 24.3 Å². The zero-order valence-electron chi connectivity index (χ0n) is 10.8. The minimum atomic E-state index is -3.38. The highest BCUT2D eigenvalue weighted by molar-refractivity contribution is 7.90. The zero-order chi connectivity index (χ0) is 13.2. The van der Waals surface area contributed by atoms with Crippen LogP contribution < -0.4 is 9.62 Å². The van der Waals surface area contributed by atoms with Gasteiger partial charge >= 0.3 is 10.2 Å². The number of hydrogen-bond acceptors (Lipinski definition) is 3. The Balaban J connectivity index is 2.09. The van der Waals surface area contributed by atoms with Crippen molar-refractivity contribution in [2.24, 2.45) is 0 Å². The molecule has 100 valence electrons. The highest BCUT2D eigenvalue weighted by atomic mass is 32.2. The van der Waals surface area contributed by atoms with E-state index in [0.29, 0.717) is 18.8 Å². The van der Waals surface area contributed by atoms with E-state index < -0.39 is 10.2 Å². The van der Waals surface area contributed by atoms with Crippen LogP contribution in [-0.4, -0.2) is 39.9 Å². The molecule has 1 N–H and O–H groups in total. The van der Waals surface area contributed by atoms with Crippen LogP contribution in [0, 0.1) is 0 Å². The van der Waals surface area contributed by atoms with Crippen LogP contribution in [0.2, 0.25) is 0 Å². The number of nitrogens with zero attached hydrogens (tertiary/aromatic N) is 2. The molecule has 0 aromatic heterocycles. The fourth-order valence-electron chi connectivity index (χ4n) is 1.97. The van der Waals surface area contributed by atoms with Crippen LogP contribution in [-0.2, 0) is 10.2 Å². The summed E-state index contributed by atoms with van der Waals surface area (Å²) in [5.41, 5.74) is 1.65. The summed E-state index contributed by atoms with van der Waals surface area (Å²) in [5.74, 6) is 0. The second-order valence-corrected chi connectivity index (χ2v) is 6.33. The minimum Gasteiger partial charge on any atom is -0.378 e. The van der Waals surface area contributed by atoms with Gasteiger partial charge in [-0.25, -0.2) is 0 Å². The van der Waals surface area contributed by atoms with E-state index in [-0.39, 0.29) is 0 Å². The number of rotatable bonds is 4. The van der Waals surface area contributed by atoms with Gasteiger partial charge in [-0.05, 0) is 37.1 Å². The average molecular weight is 269 g/mol. The molecule has 1 aromatic rings. The molecule has 5 nitrogen and oxygen atoms in total. The van der Waals surface area contributed by atoms with Gasteiger partial charge in [0.05, 0.1) is 0 Å².